The number of rotatable bonds is 4. The standard InChI is InChI=1S/C13H25NOS/c1-11-2-4-12(5-3-11)8-14-9-13(15)6-7-16-10-13/h11-12,14-15H,2-10H2,1H3/t11?,12?,13-/m0/s1. The van der Waals surface area contributed by atoms with Gasteiger partial charge in [-0.05, 0) is 43.4 Å². The Hall–Kier alpha value is 0.270. The Labute approximate surface area is 104 Å². The van der Waals surface area contributed by atoms with Crippen molar-refractivity contribution in [3.63, 3.8) is 0 Å². The molecule has 1 saturated carbocycles. The SMILES string of the molecule is CC1CCC(CNC[C@@]2(O)CCSC2)CC1. The lowest BCUT2D eigenvalue weighted by Crippen LogP contribution is -2.42. The normalized spacial score (nSPS) is 40.1. The molecule has 0 radical (unpaired) electrons. The molecule has 2 N–H and O–H groups in total. The number of hydrogen-bond donors (Lipinski definition) is 2. The molecule has 0 aromatic heterocycles. The fourth-order valence-electron chi connectivity index (χ4n) is 2.78. The zero-order chi connectivity index (χ0) is 11.4. The van der Waals surface area contributed by atoms with E-state index in [9.17, 15) is 5.11 Å². The minimum absolute atomic E-state index is 0.410. The maximum absolute atomic E-state index is 10.2. The molecule has 0 unspecified atom stereocenters. The molecule has 1 saturated heterocycles. The Bertz CT molecular complexity index is 208. The van der Waals surface area contributed by atoms with Crippen LogP contribution in [0.3, 0.4) is 0 Å². The summed E-state index contributed by atoms with van der Waals surface area (Å²) in [6.45, 7) is 4.27. The van der Waals surface area contributed by atoms with Gasteiger partial charge in [0, 0.05) is 12.3 Å². The second-order valence-corrected chi connectivity index (χ2v) is 6.89. The topological polar surface area (TPSA) is 32.3 Å². The molecule has 94 valence electrons. The molecular formula is C13H25NOS. The summed E-state index contributed by atoms with van der Waals surface area (Å²) in [5.74, 6) is 3.83. The van der Waals surface area contributed by atoms with Gasteiger partial charge in [-0.25, -0.2) is 0 Å². The van der Waals surface area contributed by atoms with Crippen molar-refractivity contribution in [3.8, 4) is 0 Å². The van der Waals surface area contributed by atoms with Crippen LogP contribution >= 0.6 is 11.8 Å². The van der Waals surface area contributed by atoms with E-state index >= 15 is 0 Å². The van der Waals surface area contributed by atoms with Crippen molar-refractivity contribution in [2.45, 2.75) is 44.6 Å². The zero-order valence-corrected chi connectivity index (χ0v) is 11.2. The van der Waals surface area contributed by atoms with Crippen molar-refractivity contribution in [2.75, 3.05) is 24.6 Å². The Morgan fingerprint density at radius 2 is 2.06 bits per heavy atom. The maximum Gasteiger partial charge on any atom is 0.0869 e. The van der Waals surface area contributed by atoms with Gasteiger partial charge in [-0.3, -0.25) is 0 Å². The molecule has 1 atom stereocenters. The highest BCUT2D eigenvalue weighted by molar-refractivity contribution is 7.99. The summed E-state index contributed by atoms with van der Waals surface area (Å²) in [6, 6.07) is 0. The molecule has 0 aromatic carbocycles. The molecule has 1 aliphatic heterocycles. The average molecular weight is 243 g/mol. The van der Waals surface area contributed by atoms with Crippen LogP contribution < -0.4 is 5.32 Å². The Balaban J connectivity index is 1.61. The molecule has 0 amide bonds. The maximum atomic E-state index is 10.2. The third-order valence-corrected chi connectivity index (χ3v) is 5.34. The van der Waals surface area contributed by atoms with Crippen LogP contribution in [0.2, 0.25) is 0 Å². The summed E-state index contributed by atoms with van der Waals surface area (Å²) in [6.07, 6.45) is 6.51. The highest BCUT2D eigenvalue weighted by atomic mass is 32.2. The van der Waals surface area contributed by atoms with Crippen molar-refractivity contribution in [1.82, 2.24) is 5.32 Å². The lowest BCUT2D eigenvalue weighted by molar-refractivity contribution is 0.0659. The first-order valence-electron chi connectivity index (χ1n) is 6.69. The van der Waals surface area contributed by atoms with Crippen LogP contribution in [-0.2, 0) is 0 Å². The van der Waals surface area contributed by atoms with Gasteiger partial charge in [-0.15, -0.1) is 0 Å². The summed E-state index contributed by atoms with van der Waals surface area (Å²) in [7, 11) is 0. The van der Waals surface area contributed by atoms with E-state index in [1.165, 1.54) is 25.7 Å². The third-order valence-electron chi connectivity index (χ3n) is 4.10. The van der Waals surface area contributed by atoms with Gasteiger partial charge in [0.25, 0.3) is 0 Å². The second kappa shape index (κ2) is 5.74. The summed E-state index contributed by atoms with van der Waals surface area (Å²) in [4.78, 5) is 0. The van der Waals surface area contributed by atoms with E-state index in [0.717, 1.165) is 42.9 Å². The summed E-state index contributed by atoms with van der Waals surface area (Å²) in [5.41, 5.74) is -0.410. The molecule has 0 spiro atoms. The van der Waals surface area contributed by atoms with Crippen LogP contribution in [0, 0.1) is 11.8 Å². The monoisotopic (exact) mass is 243 g/mol. The van der Waals surface area contributed by atoms with Crippen LogP contribution in [0.1, 0.15) is 39.0 Å². The molecule has 2 rings (SSSR count). The van der Waals surface area contributed by atoms with Gasteiger partial charge < -0.3 is 10.4 Å². The van der Waals surface area contributed by atoms with Crippen molar-refractivity contribution in [2.24, 2.45) is 11.8 Å². The zero-order valence-electron chi connectivity index (χ0n) is 10.4. The highest BCUT2D eigenvalue weighted by Gasteiger charge is 2.31. The molecule has 3 heteroatoms. The second-order valence-electron chi connectivity index (χ2n) is 5.78. The Morgan fingerprint density at radius 1 is 1.31 bits per heavy atom. The van der Waals surface area contributed by atoms with E-state index in [4.69, 9.17) is 0 Å². The van der Waals surface area contributed by atoms with Crippen LogP contribution in [0.5, 0.6) is 0 Å². The predicted molar refractivity (Wildman–Crippen MR) is 70.9 cm³/mol. The lowest BCUT2D eigenvalue weighted by Gasteiger charge is -2.28. The number of thioether (sulfide) groups is 1. The number of nitrogens with one attached hydrogen (secondary N) is 1. The van der Waals surface area contributed by atoms with Crippen LogP contribution in [0.15, 0.2) is 0 Å². The quantitative estimate of drug-likeness (QED) is 0.794. The van der Waals surface area contributed by atoms with Crippen LogP contribution in [-0.4, -0.2) is 35.3 Å². The first-order chi connectivity index (χ1) is 7.68. The van der Waals surface area contributed by atoms with Gasteiger partial charge in [-0.2, -0.15) is 11.8 Å². The molecule has 0 bridgehead atoms. The van der Waals surface area contributed by atoms with E-state index < -0.39 is 5.60 Å². The highest BCUT2D eigenvalue weighted by Crippen LogP contribution is 2.29. The molecule has 1 aliphatic carbocycles. The predicted octanol–water partition coefficient (Wildman–Crippen LogP) is 2.27. The van der Waals surface area contributed by atoms with E-state index in [2.05, 4.69) is 12.2 Å². The van der Waals surface area contributed by atoms with Gasteiger partial charge in [-0.1, -0.05) is 19.8 Å². The smallest absolute Gasteiger partial charge is 0.0869 e. The Kier molecular flexibility index (Phi) is 4.57. The average Bonchev–Trinajstić information content (AvgIpc) is 2.69. The molecule has 2 fully saturated rings. The lowest BCUT2D eigenvalue weighted by atomic mass is 9.83. The molecule has 16 heavy (non-hydrogen) atoms. The van der Waals surface area contributed by atoms with Gasteiger partial charge in [0.15, 0.2) is 0 Å². The molecule has 0 aromatic rings. The molecule has 1 heterocycles. The van der Waals surface area contributed by atoms with Crippen LogP contribution in [0.25, 0.3) is 0 Å². The van der Waals surface area contributed by atoms with E-state index in [1.54, 1.807) is 0 Å². The van der Waals surface area contributed by atoms with E-state index in [0.29, 0.717) is 0 Å². The largest absolute Gasteiger partial charge is 0.388 e. The fourth-order valence-corrected chi connectivity index (χ4v) is 4.07. The van der Waals surface area contributed by atoms with Crippen molar-refractivity contribution >= 4 is 11.8 Å². The minimum atomic E-state index is -0.410. The number of hydrogen-bond acceptors (Lipinski definition) is 3. The minimum Gasteiger partial charge on any atom is -0.388 e. The summed E-state index contributed by atoms with van der Waals surface area (Å²) in [5, 5.41) is 13.7. The van der Waals surface area contributed by atoms with Gasteiger partial charge in [0.2, 0.25) is 0 Å². The fraction of sp³-hybridized carbons (Fsp3) is 1.00. The van der Waals surface area contributed by atoms with Gasteiger partial charge >= 0.3 is 0 Å². The van der Waals surface area contributed by atoms with Gasteiger partial charge in [0.1, 0.15) is 0 Å². The molecule has 2 aliphatic rings. The number of aliphatic hydroxyl groups is 1. The molecular weight excluding hydrogens is 218 g/mol. The van der Waals surface area contributed by atoms with Crippen molar-refractivity contribution in [3.05, 3.63) is 0 Å². The van der Waals surface area contributed by atoms with Gasteiger partial charge in [0.05, 0.1) is 5.60 Å². The van der Waals surface area contributed by atoms with Crippen molar-refractivity contribution in [1.29, 1.82) is 0 Å². The Morgan fingerprint density at radius 3 is 2.69 bits per heavy atom. The van der Waals surface area contributed by atoms with Crippen molar-refractivity contribution < 1.29 is 5.11 Å². The van der Waals surface area contributed by atoms with Crippen LogP contribution in [0.4, 0.5) is 0 Å². The first-order valence-corrected chi connectivity index (χ1v) is 7.84. The molecule has 2 nitrogen and oxygen atoms in total. The first kappa shape index (κ1) is 12.7. The van der Waals surface area contributed by atoms with E-state index in [1.807, 2.05) is 11.8 Å². The summed E-state index contributed by atoms with van der Waals surface area (Å²) < 4.78 is 0. The van der Waals surface area contributed by atoms with E-state index in [-0.39, 0.29) is 0 Å². The summed E-state index contributed by atoms with van der Waals surface area (Å²) >= 11 is 1.88. The third kappa shape index (κ3) is 3.64.